The minimum absolute atomic E-state index is 0.106. The largest absolute Gasteiger partial charge is 0.453 e. The lowest BCUT2D eigenvalue weighted by molar-refractivity contribution is 0.0816. The zero-order valence-corrected chi connectivity index (χ0v) is 13.9. The van der Waals surface area contributed by atoms with Crippen molar-refractivity contribution in [3.8, 4) is 0 Å². The fourth-order valence-electron chi connectivity index (χ4n) is 3.36. The van der Waals surface area contributed by atoms with Crippen molar-refractivity contribution in [2.45, 2.75) is 31.2 Å². The van der Waals surface area contributed by atoms with Gasteiger partial charge in [-0.2, -0.15) is 5.16 Å². The molecule has 0 saturated carbocycles. The molecule has 1 aliphatic rings. The molecule has 2 heterocycles. The Balaban J connectivity index is 1.85. The van der Waals surface area contributed by atoms with Gasteiger partial charge in [0.2, 0.25) is 0 Å². The van der Waals surface area contributed by atoms with E-state index in [4.69, 9.17) is 9.26 Å². The van der Waals surface area contributed by atoms with Gasteiger partial charge in [0.15, 0.2) is 17.5 Å². The predicted molar refractivity (Wildman–Crippen MR) is 84.2 cm³/mol. The highest BCUT2D eigenvalue weighted by atomic mass is 19.2. The normalized spacial score (nSPS) is 20.2. The predicted octanol–water partition coefficient (Wildman–Crippen LogP) is 2.94. The lowest BCUT2D eigenvalue weighted by atomic mass is 9.86. The van der Waals surface area contributed by atoms with Gasteiger partial charge in [0, 0.05) is 24.6 Å². The van der Waals surface area contributed by atoms with Crippen LogP contribution in [0.5, 0.6) is 0 Å². The van der Waals surface area contributed by atoms with Gasteiger partial charge in [0.1, 0.15) is 5.76 Å². The maximum atomic E-state index is 13.5. The molecule has 1 aromatic carbocycles. The number of benzene rings is 1. The monoisotopic (exact) mass is 370 g/mol. The van der Waals surface area contributed by atoms with Crippen LogP contribution in [0.3, 0.4) is 0 Å². The Morgan fingerprint density at radius 2 is 2.00 bits per heavy atom. The molecular formula is C17H17F3N2O4. The van der Waals surface area contributed by atoms with Gasteiger partial charge in [0.25, 0.3) is 5.56 Å². The number of likely N-dealkylation sites (tertiary alicyclic amines) is 1. The Bertz CT molecular complexity index is 841. The Morgan fingerprint density at radius 1 is 1.31 bits per heavy atom. The molecule has 1 saturated heterocycles. The van der Waals surface area contributed by atoms with Crippen molar-refractivity contribution in [1.82, 2.24) is 10.1 Å². The number of ether oxygens (including phenoxy) is 1. The highest BCUT2D eigenvalue weighted by Gasteiger charge is 2.34. The first kappa shape index (κ1) is 18.1. The zero-order chi connectivity index (χ0) is 18.8. The Hall–Kier alpha value is -2.71. The number of carbonyl (C=O) groups is 1. The van der Waals surface area contributed by atoms with Crippen molar-refractivity contribution in [2.75, 3.05) is 13.7 Å². The van der Waals surface area contributed by atoms with Gasteiger partial charge in [-0.3, -0.25) is 4.79 Å². The third-order valence-corrected chi connectivity index (χ3v) is 4.59. The van der Waals surface area contributed by atoms with Crippen molar-refractivity contribution in [3.63, 3.8) is 0 Å². The first-order chi connectivity index (χ1) is 12.4. The van der Waals surface area contributed by atoms with E-state index in [9.17, 15) is 22.8 Å². The van der Waals surface area contributed by atoms with Crippen molar-refractivity contribution in [2.24, 2.45) is 0 Å². The van der Waals surface area contributed by atoms with Crippen molar-refractivity contribution < 1.29 is 27.2 Å². The number of methoxy groups -OCH3 is 1. The third-order valence-electron chi connectivity index (χ3n) is 4.59. The summed E-state index contributed by atoms with van der Waals surface area (Å²) in [5, 5.41) is 2.22. The van der Waals surface area contributed by atoms with Crippen LogP contribution in [0.25, 0.3) is 0 Å². The summed E-state index contributed by atoms with van der Waals surface area (Å²) in [6.45, 7) is 0.322. The number of carbonyl (C=O) groups excluding carboxylic acids is 1. The second-order valence-electron chi connectivity index (χ2n) is 6.23. The van der Waals surface area contributed by atoms with E-state index >= 15 is 0 Å². The van der Waals surface area contributed by atoms with E-state index in [1.54, 1.807) is 0 Å². The smallest absolute Gasteiger partial charge is 0.409 e. The van der Waals surface area contributed by atoms with Crippen molar-refractivity contribution in [3.05, 3.63) is 57.3 Å². The molecule has 3 rings (SSSR count). The van der Waals surface area contributed by atoms with Gasteiger partial charge >= 0.3 is 6.09 Å². The first-order valence-electron chi connectivity index (χ1n) is 8.05. The molecule has 0 aliphatic carbocycles. The van der Waals surface area contributed by atoms with Crippen LogP contribution in [0, 0.1) is 17.5 Å². The summed E-state index contributed by atoms with van der Waals surface area (Å²) >= 11 is 0. The molecule has 0 unspecified atom stereocenters. The number of nitrogens with zero attached hydrogens (tertiary/aromatic N) is 1. The second kappa shape index (κ2) is 7.27. The molecule has 6 nitrogen and oxygen atoms in total. The lowest BCUT2D eigenvalue weighted by Crippen LogP contribution is -2.46. The number of nitrogens with one attached hydrogen (secondary N) is 1. The first-order valence-corrected chi connectivity index (χ1v) is 8.05. The molecule has 0 spiro atoms. The highest BCUT2D eigenvalue weighted by Crippen LogP contribution is 2.33. The Kier molecular flexibility index (Phi) is 5.06. The highest BCUT2D eigenvalue weighted by molar-refractivity contribution is 5.68. The molecule has 1 amide bonds. The maximum Gasteiger partial charge on any atom is 0.409 e. The van der Waals surface area contributed by atoms with Gasteiger partial charge in [0.05, 0.1) is 7.11 Å². The fourth-order valence-corrected chi connectivity index (χ4v) is 3.36. The van der Waals surface area contributed by atoms with Crippen LogP contribution in [0.4, 0.5) is 18.0 Å². The molecular weight excluding hydrogens is 353 g/mol. The number of hydrogen-bond acceptors (Lipinski definition) is 4. The summed E-state index contributed by atoms with van der Waals surface area (Å²) in [5.41, 5.74) is -0.147. The second-order valence-corrected chi connectivity index (χ2v) is 6.23. The van der Waals surface area contributed by atoms with Crippen LogP contribution < -0.4 is 5.56 Å². The zero-order valence-electron chi connectivity index (χ0n) is 13.9. The van der Waals surface area contributed by atoms with Crippen molar-refractivity contribution in [1.29, 1.82) is 0 Å². The number of piperidine rings is 1. The summed E-state index contributed by atoms with van der Waals surface area (Å²) < 4.78 is 50.0. The van der Waals surface area contributed by atoms with Gasteiger partial charge in [-0.15, -0.1) is 0 Å². The number of aromatic amines is 1. The molecule has 2 aromatic rings. The summed E-state index contributed by atoms with van der Waals surface area (Å²) in [6, 6.07) is 2.71. The van der Waals surface area contributed by atoms with Crippen LogP contribution in [-0.4, -0.2) is 35.8 Å². The summed E-state index contributed by atoms with van der Waals surface area (Å²) in [7, 11) is 1.24. The Morgan fingerprint density at radius 3 is 2.58 bits per heavy atom. The molecule has 1 aliphatic heterocycles. The molecule has 0 bridgehead atoms. The number of hydrogen-bond donors (Lipinski definition) is 1. The van der Waals surface area contributed by atoms with Crippen LogP contribution >= 0.6 is 0 Å². The van der Waals surface area contributed by atoms with Gasteiger partial charge in [-0.1, -0.05) is 0 Å². The van der Waals surface area contributed by atoms with Gasteiger partial charge < -0.3 is 14.2 Å². The summed E-state index contributed by atoms with van der Waals surface area (Å²) in [5.74, 6) is -3.78. The maximum absolute atomic E-state index is 13.5. The van der Waals surface area contributed by atoms with Crippen LogP contribution in [0.1, 0.15) is 30.1 Å². The minimum Gasteiger partial charge on any atom is -0.453 e. The molecule has 140 valence electrons. The molecule has 1 fully saturated rings. The lowest BCUT2D eigenvalue weighted by Gasteiger charge is -2.38. The van der Waals surface area contributed by atoms with Crippen LogP contribution in [0.2, 0.25) is 0 Å². The fraction of sp³-hybridized carbons (Fsp3) is 0.412. The SMILES string of the molecule is COC(=O)N1CC[C@H](c2cc(=O)[nH]o2)C[C@@H]1Cc1cc(F)c(F)c(F)c1. The van der Waals surface area contributed by atoms with Crippen molar-refractivity contribution >= 4 is 6.09 Å². The van der Waals surface area contributed by atoms with E-state index in [0.29, 0.717) is 25.1 Å². The molecule has 1 aromatic heterocycles. The van der Waals surface area contributed by atoms with E-state index in [1.807, 2.05) is 0 Å². The van der Waals surface area contributed by atoms with E-state index in [2.05, 4.69) is 5.16 Å². The standard InChI is InChI=1S/C17H17F3N2O4/c1-25-17(24)22-3-2-10(14-8-15(23)21-26-14)7-11(22)4-9-5-12(18)16(20)13(19)6-9/h5-6,8,10-11H,2-4,7H2,1H3,(H,21,23)/t10-,11-/m0/s1. The number of halogens is 3. The van der Waals surface area contributed by atoms with E-state index < -0.39 is 29.6 Å². The number of rotatable bonds is 3. The number of H-pyrrole nitrogens is 1. The summed E-state index contributed by atoms with van der Waals surface area (Å²) in [6.07, 6.45) is 0.482. The Labute approximate surface area is 146 Å². The van der Waals surface area contributed by atoms with Crippen LogP contribution in [0.15, 0.2) is 27.5 Å². The molecule has 9 heteroatoms. The summed E-state index contributed by atoms with van der Waals surface area (Å²) in [4.78, 5) is 24.8. The van der Waals surface area contributed by atoms with Gasteiger partial charge in [-0.25, -0.2) is 18.0 Å². The topological polar surface area (TPSA) is 75.5 Å². The van der Waals surface area contributed by atoms with Gasteiger partial charge in [-0.05, 0) is 37.0 Å². The minimum atomic E-state index is -1.53. The molecule has 1 N–H and O–H groups in total. The van der Waals surface area contributed by atoms with E-state index in [0.717, 1.165) is 12.1 Å². The molecule has 2 atom stereocenters. The average molecular weight is 370 g/mol. The average Bonchev–Trinajstić information content (AvgIpc) is 3.05. The molecule has 26 heavy (non-hydrogen) atoms. The van der Waals surface area contributed by atoms with Crippen LogP contribution in [-0.2, 0) is 11.2 Å². The van der Waals surface area contributed by atoms with E-state index in [-0.39, 0.29) is 23.5 Å². The van der Waals surface area contributed by atoms with E-state index in [1.165, 1.54) is 18.1 Å². The quantitative estimate of drug-likeness (QED) is 0.843. The third kappa shape index (κ3) is 3.61. The molecule has 0 radical (unpaired) electrons. The number of amides is 1. The number of aromatic nitrogens is 1.